The molecule has 3 aromatic rings. The third-order valence-electron chi connectivity index (χ3n) is 3.81. The summed E-state index contributed by atoms with van der Waals surface area (Å²) < 4.78 is 0.990. The van der Waals surface area contributed by atoms with Crippen molar-refractivity contribution < 1.29 is 4.79 Å². The Balaban J connectivity index is 2.06. The molecule has 0 saturated carbocycles. The molecule has 1 unspecified atom stereocenters. The van der Waals surface area contributed by atoms with Gasteiger partial charge in [-0.1, -0.05) is 12.1 Å². The number of amides is 1. The molecule has 0 bridgehead atoms. The van der Waals surface area contributed by atoms with Crippen LogP contribution < -0.4 is 16.6 Å². The number of nitrogens with zero attached hydrogens (tertiary/aromatic N) is 2. The number of carbonyl (C=O) groups excluding carboxylic acids is 1. The molecule has 9 heteroatoms. The van der Waals surface area contributed by atoms with E-state index in [9.17, 15) is 14.4 Å². The molecule has 0 spiro atoms. The summed E-state index contributed by atoms with van der Waals surface area (Å²) in [4.78, 5) is 40.6. The molecule has 3 rings (SSSR count). The number of nitrogens with one attached hydrogen (secondary N) is 3. The summed E-state index contributed by atoms with van der Waals surface area (Å²) >= 11 is 1.54. The van der Waals surface area contributed by atoms with Crippen LogP contribution in [0, 0.1) is 0 Å². The summed E-state index contributed by atoms with van der Waals surface area (Å²) in [5.41, 5.74) is -0.633. The van der Waals surface area contributed by atoms with E-state index in [1.54, 1.807) is 30.3 Å². The summed E-state index contributed by atoms with van der Waals surface area (Å²) in [5.74, 6) is 0.588. The topological polar surface area (TPSA) is 113 Å². The molecule has 1 amide bonds. The van der Waals surface area contributed by atoms with Gasteiger partial charge in [-0.15, -0.1) is 0 Å². The van der Waals surface area contributed by atoms with E-state index in [0.29, 0.717) is 28.9 Å². The first kappa shape index (κ1) is 17.0. The van der Waals surface area contributed by atoms with E-state index in [1.807, 2.05) is 6.26 Å². The van der Waals surface area contributed by atoms with Gasteiger partial charge in [0.15, 0.2) is 0 Å². The van der Waals surface area contributed by atoms with E-state index in [4.69, 9.17) is 0 Å². The predicted octanol–water partition coefficient (Wildman–Crippen LogP) is 1.35. The highest BCUT2D eigenvalue weighted by Crippen LogP contribution is 2.15. The van der Waals surface area contributed by atoms with Gasteiger partial charge in [-0.05, 0) is 30.6 Å². The first-order chi connectivity index (χ1) is 12.1. The van der Waals surface area contributed by atoms with Crippen molar-refractivity contribution in [3.63, 3.8) is 0 Å². The number of fused-ring (bicyclic) bond motifs is 1. The van der Waals surface area contributed by atoms with Crippen LogP contribution in [0.1, 0.15) is 12.5 Å². The highest BCUT2D eigenvalue weighted by molar-refractivity contribution is 7.98. The Morgan fingerprint density at radius 1 is 1.32 bits per heavy atom. The standard InChI is InChI=1S/C16H17N5O3S/c1-25-9-7-12(14(22)19-13-6-8-17-20-13)21-15(23)10-4-2-3-5-11(10)18-16(21)24/h2-6,8,12H,7,9H2,1H3,(H,18,24)(H2,17,19,20,22). The summed E-state index contributed by atoms with van der Waals surface area (Å²) in [6.45, 7) is 0. The second-order valence-electron chi connectivity index (χ2n) is 5.41. The Morgan fingerprint density at radius 3 is 2.84 bits per heavy atom. The molecule has 0 fully saturated rings. The molecular weight excluding hydrogens is 342 g/mol. The van der Waals surface area contributed by atoms with Gasteiger partial charge < -0.3 is 10.3 Å². The molecule has 0 aliphatic carbocycles. The molecule has 0 aliphatic rings. The Morgan fingerprint density at radius 2 is 2.12 bits per heavy atom. The lowest BCUT2D eigenvalue weighted by molar-refractivity contribution is -0.119. The fourth-order valence-corrected chi connectivity index (χ4v) is 3.07. The molecule has 130 valence electrons. The highest BCUT2D eigenvalue weighted by atomic mass is 32.2. The molecule has 2 aromatic heterocycles. The number of H-pyrrole nitrogens is 2. The number of hydrogen-bond acceptors (Lipinski definition) is 5. The summed E-state index contributed by atoms with van der Waals surface area (Å²) in [7, 11) is 0. The highest BCUT2D eigenvalue weighted by Gasteiger charge is 2.25. The molecule has 1 atom stereocenters. The minimum atomic E-state index is -0.920. The van der Waals surface area contributed by atoms with Gasteiger partial charge in [-0.25, -0.2) is 9.36 Å². The van der Waals surface area contributed by atoms with Crippen molar-refractivity contribution in [1.29, 1.82) is 0 Å². The van der Waals surface area contributed by atoms with Crippen LogP contribution in [0.15, 0.2) is 46.1 Å². The number of hydrogen-bond donors (Lipinski definition) is 3. The van der Waals surface area contributed by atoms with E-state index < -0.39 is 23.2 Å². The number of thioether (sulfide) groups is 1. The normalized spacial score (nSPS) is 12.2. The van der Waals surface area contributed by atoms with Crippen molar-refractivity contribution in [3.8, 4) is 0 Å². The van der Waals surface area contributed by atoms with Crippen LogP contribution >= 0.6 is 11.8 Å². The first-order valence-electron chi connectivity index (χ1n) is 7.64. The number of aromatic amines is 2. The lowest BCUT2D eigenvalue weighted by Crippen LogP contribution is -2.43. The van der Waals surface area contributed by atoms with Crippen LogP contribution in [0.25, 0.3) is 10.9 Å². The summed E-state index contributed by atoms with van der Waals surface area (Å²) in [6, 6.07) is 7.41. The number of benzene rings is 1. The third-order valence-corrected chi connectivity index (χ3v) is 4.45. The Bertz CT molecular complexity index is 993. The molecule has 8 nitrogen and oxygen atoms in total. The van der Waals surface area contributed by atoms with Crippen LogP contribution in [-0.4, -0.2) is 37.7 Å². The second kappa shape index (κ2) is 7.39. The van der Waals surface area contributed by atoms with Gasteiger partial charge in [0.2, 0.25) is 5.91 Å². The van der Waals surface area contributed by atoms with Crippen LogP contribution in [0.4, 0.5) is 5.82 Å². The summed E-state index contributed by atoms with van der Waals surface area (Å²) in [5, 5.41) is 9.41. The maximum Gasteiger partial charge on any atom is 0.329 e. The van der Waals surface area contributed by atoms with E-state index in [-0.39, 0.29) is 0 Å². The van der Waals surface area contributed by atoms with E-state index in [1.165, 1.54) is 18.0 Å². The van der Waals surface area contributed by atoms with Gasteiger partial charge in [0, 0.05) is 6.07 Å². The van der Waals surface area contributed by atoms with Crippen molar-refractivity contribution >= 4 is 34.4 Å². The number of rotatable bonds is 6. The zero-order chi connectivity index (χ0) is 17.8. The van der Waals surface area contributed by atoms with Crippen molar-refractivity contribution in [2.45, 2.75) is 12.5 Å². The first-order valence-corrected chi connectivity index (χ1v) is 9.04. The molecular formula is C16H17N5O3S. The molecule has 25 heavy (non-hydrogen) atoms. The largest absolute Gasteiger partial charge is 0.329 e. The summed E-state index contributed by atoms with van der Waals surface area (Å²) in [6.07, 6.45) is 3.75. The maximum atomic E-state index is 12.8. The van der Waals surface area contributed by atoms with E-state index in [2.05, 4.69) is 20.5 Å². The Labute approximate surface area is 146 Å². The number of para-hydroxylation sites is 1. The SMILES string of the molecule is CSCCC(C(=O)Nc1ccn[nH]1)n1c(=O)[nH]c2ccccc2c1=O. The third kappa shape index (κ3) is 3.50. The predicted molar refractivity (Wildman–Crippen MR) is 98.1 cm³/mol. The monoisotopic (exact) mass is 359 g/mol. The Hall–Kier alpha value is -2.81. The minimum Gasteiger partial charge on any atom is -0.309 e. The molecule has 1 aromatic carbocycles. The van der Waals surface area contributed by atoms with Crippen molar-refractivity contribution in [1.82, 2.24) is 19.7 Å². The van der Waals surface area contributed by atoms with Crippen LogP contribution in [0.2, 0.25) is 0 Å². The van der Waals surface area contributed by atoms with Crippen LogP contribution in [0.3, 0.4) is 0 Å². The maximum absolute atomic E-state index is 12.8. The molecule has 0 saturated heterocycles. The zero-order valence-corrected chi connectivity index (χ0v) is 14.3. The fourth-order valence-electron chi connectivity index (χ4n) is 2.61. The van der Waals surface area contributed by atoms with E-state index in [0.717, 1.165) is 4.57 Å². The number of anilines is 1. The minimum absolute atomic E-state index is 0.350. The van der Waals surface area contributed by atoms with Gasteiger partial charge in [0.1, 0.15) is 11.9 Å². The smallest absolute Gasteiger partial charge is 0.309 e. The average molecular weight is 359 g/mol. The van der Waals surface area contributed by atoms with Gasteiger partial charge in [-0.3, -0.25) is 14.7 Å². The van der Waals surface area contributed by atoms with Crippen molar-refractivity contribution in [3.05, 3.63) is 57.4 Å². The van der Waals surface area contributed by atoms with Crippen molar-refractivity contribution in [2.75, 3.05) is 17.3 Å². The molecule has 3 N–H and O–H groups in total. The average Bonchev–Trinajstić information content (AvgIpc) is 3.10. The van der Waals surface area contributed by atoms with Gasteiger partial charge >= 0.3 is 5.69 Å². The van der Waals surface area contributed by atoms with Crippen molar-refractivity contribution in [2.24, 2.45) is 0 Å². The van der Waals surface area contributed by atoms with E-state index >= 15 is 0 Å². The zero-order valence-electron chi connectivity index (χ0n) is 13.5. The quantitative estimate of drug-likeness (QED) is 0.615. The van der Waals surface area contributed by atoms with Gasteiger partial charge in [0.25, 0.3) is 5.56 Å². The number of aromatic nitrogens is 4. The molecule has 0 radical (unpaired) electrons. The van der Waals surface area contributed by atoms with Gasteiger partial charge in [0.05, 0.1) is 17.1 Å². The van der Waals surface area contributed by atoms with Gasteiger partial charge in [-0.2, -0.15) is 16.9 Å². The number of carbonyl (C=O) groups is 1. The lowest BCUT2D eigenvalue weighted by atomic mass is 10.2. The van der Waals surface area contributed by atoms with Crippen LogP contribution in [0.5, 0.6) is 0 Å². The van der Waals surface area contributed by atoms with Crippen LogP contribution in [-0.2, 0) is 4.79 Å². The lowest BCUT2D eigenvalue weighted by Gasteiger charge is -2.18. The Kier molecular flexibility index (Phi) is 5.03. The molecule has 0 aliphatic heterocycles. The second-order valence-corrected chi connectivity index (χ2v) is 6.39. The molecule has 2 heterocycles. The fraction of sp³-hybridized carbons (Fsp3) is 0.250.